The van der Waals surface area contributed by atoms with Gasteiger partial charge in [-0.1, -0.05) is 6.07 Å². The number of hydrogen-bond acceptors (Lipinski definition) is 1. The number of nitrogens with zero attached hydrogens (tertiary/aromatic N) is 1. The Morgan fingerprint density at radius 2 is 1.89 bits per heavy atom. The molecule has 0 amide bonds. The van der Waals surface area contributed by atoms with Gasteiger partial charge in [-0.2, -0.15) is 13.2 Å². The van der Waals surface area contributed by atoms with E-state index in [0.717, 1.165) is 18.2 Å². The summed E-state index contributed by atoms with van der Waals surface area (Å²) in [5, 5.41) is 0. The smallest absolute Gasteiger partial charge is 0.248 e. The van der Waals surface area contributed by atoms with Gasteiger partial charge in [0.2, 0.25) is 0 Å². The molecule has 0 bridgehead atoms. The second-order valence-corrected chi connectivity index (χ2v) is 3.85. The van der Waals surface area contributed by atoms with Gasteiger partial charge in [0.25, 0.3) is 0 Å². The normalized spacial score (nSPS) is 20.4. The van der Waals surface area contributed by atoms with Gasteiger partial charge in [0.1, 0.15) is 17.3 Å². The molecule has 0 N–H and O–H groups in total. The van der Waals surface area contributed by atoms with E-state index in [-0.39, 0.29) is 12.1 Å². The highest BCUT2D eigenvalue weighted by atomic mass is 19.4. The Bertz CT molecular complexity index is 515. The minimum atomic E-state index is -4.58. The van der Waals surface area contributed by atoms with Crippen molar-refractivity contribution in [3.05, 3.63) is 53.4 Å². The summed E-state index contributed by atoms with van der Waals surface area (Å²) in [5.74, 6) is -2.50. The zero-order chi connectivity index (χ0) is 13.3. The number of halogens is 5. The van der Waals surface area contributed by atoms with Crippen molar-refractivity contribution < 1.29 is 22.0 Å². The lowest BCUT2D eigenvalue weighted by Gasteiger charge is -2.17. The van der Waals surface area contributed by atoms with Crippen LogP contribution in [0.1, 0.15) is 23.7 Å². The van der Waals surface area contributed by atoms with Crippen molar-refractivity contribution in [2.45, 2.75) is 18.5 Å². The monoisotopic (exact) mass is 261 g/mol. The molecule has 1 aromatic heterocycles. The third kappa shape index (κ3) is 2.57. The minimum absolute atomic E-state index is 0.0392. The zero-order valence-electron chi connectivity index (χ0n) is 9.01. The van der Waals surface area contributed by atoms with Crippen LogP contribution in [0.15, 0.2) is 42.0 Å². The number of allylic oxidation sites excluding steroid dienone is 4. The van der Waals surface area contributed by atoms with E-state index in [2.05, 4.69) is 4.98 Å². The second kappa shape index (κ2) is 4.51. The molecule has 2 rings (SSSR count). The average Bonchev–Trinajstić information content (AvgIpc) is 2.28. The fourth-order valence-electron chi connectivity index (χ4n) is 1.70. The number of aromatic nitrogens is 1. The Kier molecular flexibility index (Phi) is 3.19. The van der Waals surface area contributed by atoms with Crippen LogP contribution < -0.4 is 0 Å². The highest BCUT2D eigenvalue weighted by Crippen LogP contribution is 2.35. The predicted molar refractivity (Wildman–Crippen MR) is 55.0 cm³/mol. The number of alkyl halides is 3. The molecule has 1 aliphatic carbocycles. The molecule has 1 heterocycles. The first-order chi connectivity index (χ1) is 8.38. The molecule has 0 fully saturated rings. The summed E-state index contributed by atoms with van der Waals surface area (Å²) >= 11 is 0. The molecule has 6 heteroatoms. The first-order valence-corrected chi connectivity index (χ1v) is 5.15. The highest BCUT2D eigenvalue weighted by Gasteiger charge is 2.33. The summed E-state index contributed by atoms with van der Waals surface area (Å²) in [5.41, 5.74) is -1.13. The minimum Gasteiger partial charge on any atom is -0.248 e. The first-order valence-electron chi connectivity index (χ1n) is 5.15. The van der Waals surface area contributed by atoms with Gasteiger partial charge >= 0.3 is 6.18 Å². The molecule has 0 aliphatic heterocycles. The summed E-state index contributed by atoms with van der Waals surface area (Å²) in [7, 11) is 0. The molecule has 0 radical (unpaired) electrons. The van der Waals surface area contributed by atoms with Crippen molar-refractivity contribution in [3.8, 4) is 0 Å². The van der Waals surface area contributed by atoms with Crippen LogP contribution in [0.4, 0.5) is 22.0 Å². The van der Waals surface area contributed by atoms with Crippen LogP contribution >= 0.6 is 0 Å². The van der Waals surface area contributed by atoms with E-state index < -0.39 is 29.4 Å². The van der Waals surface area contributed by atoms with Crippen LogP contribution in [0, 0.1) is 0 Å². The number of pyridine rings is 1. The Hall–Kier alpha value is -1.72. The maximum Gasteiger partial charge on any atom is 0.433 e. The summed E-state index contributed by atoms with van der Waals surface area (Å²) in [6, 6.07) is 3.27. The van der Waals surface area contributed by atoms with Crippen molar-refractivity contribution in [2.75, 3.05) is 0 Å². The van der Waals surface area contributed by atoms with Gasteiger partial charge in [0.15, 0.2) is 0 Å². The highest BCUT2D eigenvalue weighted by molar-refractivity contribution is 5.31. The fraction of sp³-hybridized carbons (Fsp3) is 0.250. The summed E-state index contributed by atoms with van der Waals surface area (Å²) < 4.78 is 63.6. The van der Waals surface area contributed by atoms with E-state index in [9.17, 15) is 22.0 Å². The van der Waals surface area contributed by atoms with Crippen LogP contribution in [0.5, 0.6) is 0 Å². The Labute approximate surface area is 99.6 Å². The van der Waals surface area contributed by atoms with E-state index in [1.807, 2.05) is 0 Å². The molecule has 1 atom stereocenters. The Balaban J connectivity index is 2.33. The van der Waals surface area contributed by atoms with Crippen molar-refractivity contribution >= 4 is 0 Å². The zero-order valence-corrected chi connectivity index (χ0v) is 9.01. The summed E-state index contributed by atoms with van der Waals surface area (Å²) in [6.07, 6.45) is -2.83. The van der Waals surface area contributed by atoms with Gasteiger partial charge in [-0.15, -0.1) is 0 Å². The van der Waals surface area contributed by atoms with Crippen LogP contribution in [0.25, 0.3) is 0 Å². The van der Waals surface area contributed by atoms with Crippen LogP contribution in [0.3, 0.4) is 0 Å². The van der Waals surface area contributed by atoms with E-state index in [1.54, 1.807) is 0 Å². The van der Waals surface area contributed by atoms with Gasteiger partial charge < -0.3 is 0 Å². The lowest BCUT2D eigenvalue weighted by Crippen LogP contribution is -2.12. The van der Waals surface area contributed by atoms with Crippen LogP contribution in [0.2, 0.25) is 0 Å². The lowest BCUT2D eigenvalue weighted by atomic mass is 9.95. The Morgan fingerprint density at radius 3 is 2.50 bits per heavy atom. The SMILES string of the molecule is FC1=CCC(c2cccc(C(F)(F)F)n2)C(F)=C1. The van der Waals surface area contributed by atoms with Crippen molar-refractivity contribution in [3.63, 3.8) is 0 Å². The van der Waals surface area contributed by atoms with E-state index in [0.29, 0.717) is 6.08 Å². The predicted octanol–water partition coefficient (Wildman–Crippen LogP) is 4.29. The standard InChI is InChI=1S/C12H8F5N/c13-7-4-5-8(9(14)6-7)10-2-1-3-11(18-10)12(15,16)17/h1-4,6,8H,5H2. The molecule has 1 nitrogen and oxygen atoms in total. The molecule has 0 saturated heterocycles. The maximum absolute atomic E-state index is 13.5. The molecular formula is C12H8F5N. The molecule has 1 aromatic rings. The van der Waals surface area contributed by atoms with E-state index >= 15 is 0 Å². The van der Waals surface area contributed by atoms with Crippen LogP contribution in [-0.2, 0) is 6.18 Å². The maximum atomic E-state index is 13.5. The molecule has 18 heavy (non-hydrogen) atoms. The topological polar surface area (TPSA) is 12.9 Å². The van der Waals surface area contributed by atoms with Crippen molar-refractivity contribution in [1.82, 2.24) is 4.98 Å². The molecule has 0 spiro atoms. The third-order valence-electron chi connectivity index (χ3n) is 2.58. The molecule has 96 valence electrons. The average molecular weight is 261 g/mol. The number of hydrogen-bond donors (Lipinski definition) is 0. The molecule has 0 aromatic carbocycles. The molecule has 0 saturated carbocycles. The quantitative estimate of drug-likeness (QED) is 0.687. The first kappa shape index (κ1) is 12.7. The summed E-state index contributed by atoms with van der Waals surface area (Å²) in [6.45, 7) is 0. The van der Waals surface area contributed by atoms with Gasteiger partial charge in [-0.3, -0.25) is 0 Å². The van der Waals surface area contributed by atoms with Crippen molar-refractivity contribution in [2.24, 2.45) is 0 Å². The summed E-state index contributed by atoms with van der Waals surface area (Å²) in [4.78, 5) is 3.39. The lowest BCUT2D eigenvalue weighted by molar-refractivity contribution is -0.141. The van der Waals surface area contributed by atoms with Gasteiger partial charge in [-0.25, -0.2) is 13.8 Å². The third-order valence-corrected chi connectivity index (χ3v) is 2.58. The van der Waals surface area contributed by atoms with Gasteiger partial charge in [0, 0.05) is 6.08 Å². The van der Waals surface area contributed by atoms with Crippen molar-refractivity contribution in [1.29, 1.82) is 0 Å². The van der Waals surface area contributed by atoms with E-state index in [1.165, 1.54) is 6.07 Å². The van der Waals surface area contributed by atoms with E-state index in [4.69, 9.17) is 0 Å². The van der Waals surface area contributed by atoms with Crippen LogP contribution in [-0.4, -0.2) is 4.98 Å². The number of rotatable bonds is 1. The van der Waals surface area contributed by atoms with Gasteiger partial charge in [-0.05, 0) is 24.6 Å². The molecule has 1 aliphatic rings. The Morgan fingerprint density at radius 1 is 1.17 bits per heavy atom. The second-order valence-electron chi connectivity index (χ2n) is 3.85. The fourth-order valence-corrected chi connectivity index (χ4v) is 1.70. The largest absolute Gasteiger partial charge is 0.433 e. The molecular weight excluding hydrogens is 253 g/mol. The molecule has 1 unspecified atom stereocenters. The van der Waals surface area contributed by atoms with Gasteiger partial charge in [0.05, 0.1) is 11.6 Å².